The van der Waals surface area contributed by atoms with Crippen LogP contribution in [0, 0.1) is 11.3 Å². The lowest BCUT2D eigenvalue weighted by Crippen LogP contribution is -1.98. The van der Waals surface area contributed by atoms with Gasteiger partial charge in [-0.2, -0.15) is 5.26 Å². The van der Waals surface area contributed by atoms with Gasteiger partial charge in [-0.15, -0.1) is 11.3 Å². The van der Waals surface area contributed by atoms with Crippen LogP contribution < -0.4 is 5.73 Å². The van der Waals surface area contributed by atoms with E-state index in [9.17, 15) is 0 Å². The lowest BCUT2D eigenvalue weighted by atomic mass is 10.0. The van der Waals surface area contributed by atoms with Crippen molar-refractivity contribution in [3.8, 4) is 6.07 Å². The van der Waals surface area contributed by atoms with Crippen LogP contribution in [0.15, 0.2) is 17.5 Å². The average Bonchev–Trinajstić information content (AvgIpc) is 2.65. The van der Waals surface area contributed by atoms with Gasteiger partial charge in [-0.1, -0.05) is 0 Å². The Hall–Kier alpha value is -1.57. The number of aliphatic hydroxyl groups is 1. The molecule has 0 saturated heterocycles. The summed E-state index contributed by atoms with van der Waals surface area (Å²) in [6.45, 7) is -0.194. The largest absolute Gasteiger partial charge is 0.398 e. The third-order valence-electron chi connectivity index (χ3n) is 2.19. The standard InChI is InChI=1S/C10H8N2OS/c11-4-6-3-9-7(1-2-14-9)10(12)8(6)5-13/h1-3,13H,5,12H2. The van der Waals surface area contributed by atoms with Crippen LogP contribution in [0.4, 0.5) is 5.69 Å². The highest BCUT2D eigenvalue weighted by Crippen LogP contribution is 2.31. The molecule has 0 aliphatic heterocycles. The monoisotopic (exact) mass is 204 g/mol. The van der Waals surface area contributed by atoms with Crippen molar-refractivity contribution in [2.24, 2.45) is 0 Å². The average molecular weight is 204 g/mol. The molecule has 0 aliphatic rings. The van der Waals surface area contributed by atoms with E-state index in [4.69, 9.17) is 16.1 Å². The molecule has 2 rings (SSSR count). The molecule has 0 radical (unpaired) electrons. The summed E-state index contributed by atoms with van der Waals surface area (Å²) in [5, 5.41) is 20.8. The Bertz CT molecular complexity index is 525. The van der Waals surface area contributed by atoms with Crippen LogP contribution in [-0.4, -0.2) is 5.11 Å². The van der Waals surface area contributed by atoms with Gasteiger partial charge < -0.3 is 10.8 Å². The van der Waals surface area contributed by atoms with Crippen molar-refractivity contribution in [2.45, 2.75) is 6.61 Å². The molecule has 0 aliphatic carbocycles. The summed E-state index contributed by atoms with van der Waals surface area (Å²) in [4.78, 5) is 0. The van der Waals surface area contributed by atoms with Gasteiger partial charge in [0, 0.05) is 21.3 Å². The molecule has 14 heavy (non-hydrogen) atoms. The summed E-state index contributed by atoms with van der Waals surface area (Å²) in [6, 6.07) is 5.70. The molecule has 1 heterocycles. The molecule has 4 heteroatoms. The highest BCUT2D eigenvalue weighted by atomic mass is 32.1. The number of nitriles is 1. The first-order valence-corrected chi connectivity index (χ1v) is 4.95. The van der Waals surface area contributed by atoms with Gasteiger partial charge in [0.05, 0.1) is 18.2 Å². The number of nitrogen functional groups attached to an aromatic ring is 1. The van der Waals surface area contributed by atoms with Crippen LogP contribution in [0.2, 0.25) is 0 Å². The smallest absolute Gasteiger partial charge is 0.0996 e. The topological polar surface area (TPSA) is 70.0 Å². The zero-order chi connectivity index (χ0) is 10.1. The van der Waals surface area contributed by atoms with E-state index in [2.05, 4.69) is 0 Å². The maximum absolute atomic E-state index is 9.10. The number of hydrogen-bond donors (Lipinski definition) is 2. The fraction of sp³-hybridized carbons (Fsp3) is 0.100. The minimum absolute atomic E-state index is 0.194. The van der Waals surface area contributed by atoms with E-state index in [1.807, 2.05) is 17.5 Å². The van der Waals surface area contributed by atoms with Gasteiger partial charge in [0.2, 0.25) is 0 Å². The van der Waals surface area contributed by atoms with Crippen molar-refractivity contribution in [3.05, 3.63) is 28.6 Å². The van der Waals surface area contributed by atoms with Crippen molar-refractivity contribution >= 4 is 27.1 Å². The quantitative estimate of drug-likeness (QED) is 0.696. The predicted molar refractivity (Wildman–Crippen MR) is 56.9 cm³/mol. The number of benzene rings is 1. The fourth-order valence-corrected chi connectivity index (χ4v) is 2.29. The second-order valence-electron chi connectivity index (χ2n) is 2.92. The number of aliphatic hydroxyl groups excluding tert-OH is 1. The predicted octanol–water partition coefficient (Wildman–Crippen LogP) is 1.85. The van der Waals surface area contributed by atoms with E-state index in [1.165, 1.54) is 11.3 Å². The van der Waals surface area contributed by atoms with E-state index >= 15 is 0 Å². The van der Waals surface area contributed by atoms with Gasteiger partial charge in [0.15, 0.2) is 0 Å². The molecular formula is C10H8N2OS. The summed E-state index contributed by atoms with van der Waals surface area (Å²) < 4.78 is 0.983. The molecule has 0 unspecified atom stereocenters. The Labute approximate surface area is 85.0 Å². The number of nitrogens with two attached hydrogens (primary N) is 1. The maximum atomic E-state index is 9.10. The van der Waals surface area contributed by atoms with Gasteiger partial charge in [-0.05, 0) is 17.5 Å². The number of fused-ring (bicyclic) bond motifs is 1. The summed E-state index contributed by atoms with van der Waals surface area (Å²) >= 11 is 1.54. The second kappa shape index (κ2) is 3.29. The Morgan fingerprint density at radius 2 is 2.36 bits per heavy atom. The molecule has 70 valence electrons. The third kappa shape index (κ3) is 1.15. The van der Waals surface area contributed by atoms with Crippen LogP contribution in [0.5, 0.6) is 0 Å². The third-order valence-corrected chi connectivity index (χ3v) is 3.05. The molecular weight excluding hydrogens is 196 g/mol. The van der Waals surface area contributed by atoms with E-state index in [0.717, 1.165) is 10.1 Å². The fourth-order valence-electron chi connectivity index (χ4n) is 1.45. The Morgan fingerprint density at radius 3 is 3.00 bits per heavy atom. The van der Waals surface area contributed by atoms with Crippen molar-refractivity contribution < 1.29 is 5.11 Å². The van der Waals surface area contributed by atoms with Gasteiger partial charge >= 0.3 is 0 Å². The minimum Gasteiger partial charge on any atom is -0.398 e. The summed E-state index contributed by atoms with van der Waals surface area (Å²) in [5.74, 6) is 0. The maximum Gasteiger partial charge on any atom is 0.0996 e. The highest BCUT2D eigenvalue weighted by Gasteiger charge is 2.10. The van der Waals surface area contributed by atoms with Crippen molar-refractivity contribution in [1.82, 2.24) is 0 Å². The lowest BCUT2D eigenvalue weighted by molar-refractivity contribution is 0.282. The number of rotatable bonds is 1. The van der Waals surface area contributed by atoms with Gasteiger partial charge in [0.25, 0.3) is 0 Å². The van der Waals surface area contributed by atoms with Crippen LogP contribution in [0.3, 0.4) is 0 Å². The minimum atomic E-state index is -0.194. The molecule has 0 bridgehead atoms. The SMILES string of the molecule is N#Cc1cc2sccc2c(N)c1CO. The summed E-state index contributed by atoms with van der Waals surface area (Å²) in [6.07, 6.45) is 0. The molecule has 3 nitrogen and oxygen atoms in total. The van der Waals surface area contributed by atoms with E-state index in [1.54, 1.807) is 6.07 Å². The normalized spacial score (nSPS) is 10.3. The molecule has 0 saturated carbocycles. The van der Waals surface area contributed by atoms with Crippen LogP contribution in [-0.2, 0) is 6.61 Å². The zero-order valence-electron chi connectivity index (χ0n) is 7.32. The Kier molecular flexibility index (Phi) is 2.12. The Morgan fingerprint density at radius 1 is 1.57 bits per heavy atom. The molecule has 1 aromatic carbocycles. The van der Waals surface area contributed by atoms with E-state index in [0.29, 0.717) is 16.8 Å². The molecule has 0 fully saturated rings. The van der Waals surface area contributed by atoms with Crippen molar-refractivity contribution in [1.29, 1.82) is 5.26 Å². The van der Waals surface area contributed by atoms with Crippen molar-refractivity contribution in [3.63, 3.8) is 0 Å². The molecule has 2 aromatic rings. The molecule has 0 atom stereocenters. The first-order valence-electron chi connectivity index (χ1n) is 4.07. The van der Waals surface area contributed by atoms with Crippen LogP contribution in [0.1, 0.15) is 11.1 Å². The zero-order valence-corrected chi connectivity index (χ0v) is 8.14. The number of anilines is 1. The molecule has 3 N–H and O–H groups in total. The summed E-state index contributed by atoms with van der Waals surface area (Å²) in [7, 11) is 0. The molecule has 0 spiro atoms. The van der Waals surface area contributed by atoms with Gasteiger partial charge in [0.1, 0.15) is 0 Å². The van der Waals surface area contributed by atoms with Crippen molar-refractivity contribution in [2.75, 3.05) is 5.73 Å². The van der Waals surface area contributed by atoms with Crippen LogP contribution in [0.25, 0.3) is 10.1 Å². The van der Waals surface area contributed by atoms with Gasteiger partial charge in [-0.25, -0.2) is 0 Å². The summed E-state index contributed by atoms with van der Waals surface area (Å²) in [5.41, 5.74) is 7.35. The molecule has 1 aromatic heterocycles. The Balaban J connectivity index is 2.87. The number of nitrogens with zero attached hydrogens (tertiary/aromatic N) is 1. The van der Waals surface area contributed by atoms with Gasteiger partial charge in [-0.3, -0.25) is 0 Å². The number of thiophene rings is 1. The number of hydrogen-bond acceptors (Lipinski definition) is 4. The first-order chi connectivity index (χ1) is 6.77. The second-order valence-corrected chi connectivity index (χ2v) is 3.87. The lowest BCUT2D eigenvalue weighted by Gasteiger charge is -2.05. The van der Waals surface area contributed by atoms with E-state index in [-0.39, 0.29) is 6.61 Å². The van der Waals surface area contributed by atoms with Crippen LogP contribution >= 0.6 is 11.3 Å². The highest BCUT2D eigenvalue weighted by molar-refractivity contribution is 7.17. The van der Waals surface area contributed by atoms with E-state index < -0.39 is 0 Å². The first kappa shape index (κ1) is 9.00. The molecule has 0 amide bonds.